The van der Waals surface area contributed by atoms with E-state index in [1.54, 1.807) is 12.1 Å². The van der Waals surface area contributed by atoms with Crippen LogP contribution in [0, 0.1) is 0 Å². The number of ketones is 2. The van der Waals surface area contributed by atoms with Crippen molar-refractivity contribution in [3.8, 4) is 0 Å². The highest BCUT2D eigenvalue weighted by atomic mass is 35.5. The Hall–Kier alpha value is -2.60. The molecule has 0 saturated heterocycles. The lowest BCUT2D eigenvalue weighted by Gasteiger charge is -2.19. The van der Waals surface area contributed by atoms with Gasteiger partial charge in [-0.25, -0.2) is 0 Å². The molecular formula is C17H9ClF3NO2. The third kappa shape index (κ3) is 2.80. The van der Waals surface area contributed by atoms with Crippen molar-refractivity contribution in [2.45, 2.75) is 6.18 Å². The van der Waals surface area contributed by atoms with Crippen molar-refractivity contribution in [3.05, 3.63) is 76.0 Å². The van der Waals surface area contributed by atoms with Crippen LogP contribution in [0.5, 0.6) is 0 Å². The van der Waals surface area contributed by atoms with Crippen LogP contribution >= 0.6 is 11.6 Å². The summed E-state index contributed by atoms with van der Waals surface area (Å²) in [4.78, 5) is 24.7. The van der Waals surface area contributed by atoms with E-state index in [9.17, 15) is 22.8 Å². The fraction of sp³-hybridized carbons (Fsp3) is 0.0588. The third-order valence-corrected chi connectivity index (χ3v) is 3.88. The number of anilines is 1. The van der Waals surface area contributed by atoms with Crippen LogP contribution in [0.1, 0.15) is 26.3 Å². The summed E-state index contributed by atoms with van der Waals surface area (Å²) in [6, 6.07) is 10.4. The fourth-order valence-corrected chi connectivity index (χ4v) is 2.61. The highest BCUT2D eigenvalue weighted by Gasteiger charge is 2.33. The van der Waals surface area contributed by atoms with E-state index in [-0.39, 0.29) is 27.5 Å². The number of Topliss-reactive ketones (excluding diaryl/α,β-unsaturated/α-hetero) is 2. The molecule has 0 atom stereocenters. The number of rotatable bonds is 2. The lowest BCUT2D eigenvalue weighted by molar-refractivity contribution is -0.137. The minimum Gasteiger partial charge on any atom is -0.351 e. The second kappa shape index (κ2) is 5.79. The molecule has 3 rings (SSSR count). The van der Waals surface area contributed by atoms with Crippen LogP contribution in [0.15, 0.2) is 59.3 Å². The van der Waals surface area contributed by atoms with Crippen LogP contribution < -0.4 is 5.32 Å². The first kappa shape index (κ1) is 16.3. The fourth-order valence-electron chi connectivity index (χ4n) is 2.37. The van der Waals surface area contributed by atoms with E-state index in [2.05, 4.69) is 5.32 Å². The highest BCUT2D eigenvalue weighted by Crippen LogP contribution is 2.33. The molecule has 0 amide bonds. The molecule has 0 heterocycles. The summed E-state index contributed by atoms with van der Waals surface area (Å²) in [5, 5.41) is 2.19. The Morgan fingerprint density at radius 3 is 2.12 bits per heavy atom. The molecule has 0 aromatic heterocycles. The highest BCUT2D eigenvalue weighted by molar-refractivity contribution is 6.50. The molecule has 0 unspecified atom stereocenters. The number of carbonyl (C=O) groups is 2. The predicted molar refractivity (Wildman–Crippen MR) is 83.0 cm³/mol. The number of benzene rings is 2. The lowest BCUT2D eigenvalue weighted by atomic mass is 9.92. The van der Waals surface area contributed by atoms with E-state index in [4.69, 9.17) is 11.6 Å². The summed E-state index contributed by atoms with van der Waals surface area (Å²) < 4.78 is 38.3. The summed E-state index contributed by atoms with van der Waals surface area (Å²) in [7, 11) is 0. The number of allylic oxidation sites excluding steroid dienone is 2. The van der Waals surface area contributed by atoms with Crippen LogP contribution in [0.3, 0.4) is 0 Å². The Kier molecular flexibility index (Phi) is 3.93. The van der Waals surface area contributed by atoms with Crippen molar-refractivity contribution < 1.29 is 22.8 Å². The largest absolute Gasteiger partial charge is 0.416 e. The molecule has 2 aromatic carbocycles. The van der Waals surface area contributed by atoms with Crippen LogP contribution in [-0.4, -0.2) is 11.6 Å². The van der Waals surface area contributed by atoms with Gasteiger partial charge in [-0.1, -0.05) is 41.9 Å². The average molecular weight is 352 g/mol. The first-order valence-electron chi connectivity index (χ1n) is 6.81. The van der Waals surface area contributed by atoms with Gasteiger partial charge in [-0.3, -0.25) is 9.59 Å². The topological polar surface area (TPSA) is 46.2 Å². The van der Waals surface area contributed by atoms with Crippen molar-refractivity contribution in [2.24, 2.45) is 0 Å². The molecule has 7 heteroatoms. The standard InChI is InChI=1S/C17H9ClF3NO2/c18-13-14(16(24)12-7-2-1-6-11(12)15(13)23)22-10-5-3-4-9(8-10)17(19,20)21/h1-8,22H. The maximum atomic E-state index is 12.8. The molecule has 0 spiro atoms. The molecule has 1 N–H and O–H groups in total. The summed E-state index contributed by atoms with van der Waals surface area (Å²) in [5.41, 5.74) is -0.777. The minimum atomic E-state index is -4.52. The van der Waals surface area contributed by atoms with Crippen molar-refractivity contribution in [1.29, 1.82) is 0 Å². The number of halogens is 4. The van der Waals surface area contributed by atoms with E-state index in [1.165, 1.54) is 24.3 Å². The van der Waals surface area contributed by atoms with Crippen molar-refractivity contribution in [3.63, 3.8) is 0 Å². The van der Waals surface area contributed by atoms with Gasteiger partial charge >= 0.3 is 6.18 Å². The Morgan fingerprint density at radius 1 is 0.875 bits per heavy atom. The van der Waals surface area contributed by atoms with Gasteiger partial charge in [0, 0.05) is 16.8 Å². The van der Waals surface area contributed by atoms with Gasteiger partial charge in [0.2, 0.25) is 11.6 Å². The third-order valence-electron chi connectivity index (χ3n) is 3.52. The van der Waals surface area contributed by atoms with E-state index < -0.39 is 23.3 Å². The smallest absolute Gasteiger partial charge is 0.351 e. The molecule has 0 bridgehead atoms. The molecular weight excluding hydrogens is 343 g/mol. The van der Waals surface area contributed by atoms with Crippen LogP contribution in [0.2, 0.25) is 0 Å². The molecule has 2 aromatic rings. The van der Waals surface area contributed by atoms with Crippen LogP contribution in [-0.2, 0) is 6.18 Å². The monoisotopic (exact) mass is 351 g/mol. The molecule has 0 radical (unpaired) electrons. The number of fused-ring (bicyclic) bond motifs is 1. The summed E-state index contributed by atoms with van der Waals surface area (Å²) >= 11 is 5.96. The molecule has 122 valence electrons. The van der Waals surface area contributed by atoms with E-state index in [0.717, 1.165) is 12.1 Å². The minimum absolute atomic E-state index is 0.0125. The van der Waals surface area contributed by atoms with Gasteiger partial charge in [-0.05, 0) is 18.2 Å². The molecule has 0 aliphatic heterocycles. The van der Waals surface area contributed by atoms with Gasteiger partial charge in [0.1, 0.15) is 10.7 Å². The van der Waals surface area contributed by atoms with E-state index in [0.29, 0.717) is 0 Å². The van der Waals surface area contributed by atoms with E-state index >= 15 is 0 Å². The molecule has 0 saturated carbocycles. The number of alkyl halides is 3. The number of hydrogen-bond donors (Lipinski definition) is 1. The molecule has 1 aliphatic carbocycles. The number of carbonyl (C=O) groups excluding carboxylic acids is 2. The Labute approximate surface area is 139 Å². The Balaban J connectivity index is 2.00. The van der Waals surface area contributed by atoms with Gasteiger partial charge < -0.3 is 5.32 Å². The average Bonchev–Trinajstić information content (AvgIpc) is 2.56. The van der Waals surface area contributed by atoms with Crippen LogP contribution in [0.4, 0.5) is 18.9 Å². The quantitative estimate of drug-likeness (QED) is 0.857. The first-order valence-corrected chi connectivity index (χ1v) is 7.19. The second-order valence-electron chi connectivity index (χ2n) is 5.10. The van der Waals surface area contributed by atoms with Gasteiger partial charge in [-0.15, -0.1) is 0 Å². The predicted octanol–water partition coefficient (Wildman–Crippen LogP) is 4.65. The van der Waals surface area contributed by atoms with Crippen molar-refractivity contribution in [2.75, 3.05) is 5.32 Å². The van der Waals surface area contributed by atoms with Gasteiger partial charge in [0.15, 0.2) is 0 Å². The zero-order valence-corrected chi connectivity index (χ0v) is 12.7. The van der Waals surface area contributed by atoms with Gasteiger partial charge in [-0.2, -0.15) is 13.2 Å². The summed E-state index contributed by atoms with van der Waals surface area (Å²) in [5.74, 6) is -1.10. The lowest BCUT2D eigenvalue weighted by Crippen LogP contribution is -2.24. The first-order chi connectivity index (χ1) is 11.3. The number of nitrogens with one attached hydrogen (secondary N) is 1. The number of hydrogen-bond acceptors (Lipinski definition) is 3. The maximum Gasteiger partial charge on any atom is 0.416 e. The van der Waals surface area contributed by atoms with Crippen molar-refractivity contribution in [1.82, 2.24) is 0 Å². The summed E-state index contributed by atoms with van der Waals surface area (Å²) in [6.45, 7) is 0. The molecule has 1 aliphatic rings. The normalized spacial score (nSPS) is 14.7. The van der Waals surface area contributed by atoms with Crippen molar-refractivity contribution >= 4 is 28.9 Å². The summed E-state index contributed by atoms with van der Waals surface area (Å²) in [6.07, 6.45) is -4.52. The zero-order valence-electron chi connectivity index (χ0n) is 11.9. The Morgan fingerprint density at radius 2 is 1.50 bits per heavy atom. The zero-order chi connectivity index (χ0) is 17.5. The van der Waals surface area contributed by atoms with E-state index in [1.807, 2.05) is 0 Å². The van der Waals surface area contributed by atoms with Crippen LogP contribution in [0.25, 0.3) is 0 Å². The second-order valence-corrected chi connectivity index (χ2v) is 5.47. The molecule has 24 heavy (non-hydrogen) atoms. The maximum absolute atomic E-state index is 12.8. The SMILES string of the molecule is O=C1C(Cl)=C(Nc2cccc(C(F)(F)F)c2)C(=O)c2ccccc21. The molecule has 0 fully saturated rings. The van der Waals surface area contributed by atoms with Gasteiger partial charge in [0.25, 0.3) is 0 Å². The molecule has 3 nitrogen and oxygen atoms in total. The Bertz CT molecular complexity index is 887. The van der Waals surface area contributed by atoms with Gasteiger partial charge in [0.05, 0.1) is 5.56 Å².